The van der Waals surface area contributed by atoms with Gasteiger partial charge in [0.2, 0.25) is 6.79 Å². The van der Waals surface area contributed by atoms with E-state index in [2.05, 4.69) is 5.32 Å². The summed E-state index contributed by atoms with van der Waals surface area (Å²) in [6, 6.07) is 11.0. The van der Waals surface area contributed by atoms with E-state index < -0.39 is 0 Å². The Morgan fingerprint density at radius 1 is 1.18 bits per heavy atom. The van der Waals surface area contributed by atoms with Crippen LogP contribution >= 0.6 is 0 Å². The molecule has 5 nitrogen and oxygen atoms in total. The highest BCUT2D eigenvalue weighted by molar-refractivity contribution is 5.92. The summed E-state index contributed by atoms with van der Waals surface area (Å²) in [5, 5.41) is 2.85. The Morgan fingerprint density at radius 2 is 2.00 bits per heavy atom. The number of carbonyl (C=O) groups is 1. The molecule has 0 saturated carbocycles. The van der Waals surface area contributed by atoms with Gasteiger partial charge in [-0.2, -0.15) is 0 Å². The Kier molecular flexibility index (Phi) is 3.87. The largest absolute Gasteiger partial charge is 0.484 e. The molecule has 0 radical (unpaired) electrons. The third-order valence-electron chi connectivity index (χ3n) is 3.59. The number of anilines is 1. The van der Waals surface area contributed by atoms with E-state index in [0.29, 0.717) is 17.2 Å². The SMILES string of the molecule is Cc1cccc(NC(=O)COc2ccc3c(c2)OCO3)c1C. The van der Waals surface area contributed by atoms with Crippen LogP contribution in [0.4, 0.5) is 5.69 Å². The predicted molar refractivity (Wildman–Crippen MR) is 82.6 cm³/mol. The first-order valence-corrected chi connectivity index (χ1v) is 7.02. The molecule has 0 fully saturated rings. The summed E-state index contributed by atoms with van der Waals surface area (Å²) in [6.07, 6.45) is 0. The number of hydrogen-bond donors (Lipinski definition) is 1. The van der Waals surface area contributed by atoms with Crippen molar-refractivity contribution >= 4 is 11.6 Å². The van der Waals surface area contributed by atoms with Gasteiger partial charge in [0.1, 0.15) is 5.75 Å². The molecule has 1 aliphatic rings. The van der Waals surface area contributed by atoms with E-state index in [-0.39, 0.29) is 19.3 Å². The number of fused-ring (bicyclic) bond motifs is 1. The average molecular weight is 299 g/mol. The van der Waals surface area contributed by atoms with Gasteiger partial charge in [-0.05, 0) is 43.2 Å². The molecule has 2 aromatic carbocycles. The second-order valence-electron chi connectivity index (χ2n) is 5.10. The van der Waals surface area contributed by atoms with Crippen LogP contribution in [0.5, 0.6) is 17.2 Å². The van der Waals surface area contributed by atoms with Gasteiger partial charge in [-0.15, -0.1) is 0 Å². The Hall–Kier alpha value is -2.69. The van der Waals surface area contributed by atoms with Crippen molar-refractivity contribution in [2.24, 2.45) is 0 Å². The molecule has 0 spiro atoms. The van der Waals surface area contributed by atoms with Gasteiger partial charge in [0.15, 0.2) is 18.1 Å². The summed E-state index contributed by atoms with van der Waals surface area (Å²) in [6.45, 7) is 4.14. The first-order chi connectivity index (χ1) is 10.6. The van der Waals surface area contributed by atoms with E-state index in [1.54, 1.807) is 18.2 Å². The van der Waals surface area contributed by atoms with E-state index in [4.69, 9.17) is 14.2 Å². The van der Waals surface area contributed by atoms with Crippen molar-refractivity contribution in [3.63, 3.8) is 0 Å². The average Bonchev–Trinajstić information content (AvgIpc) is 2.97. The van der Waals surface area contributed by atoms with E-state index >= 15 is 0 Å². The predicted octanol–water partition coefficient (Wildman–Crippen LogP) is 3.05. The number of hydrogen-bond acceptors (Lipinski definition) is 4. The first-order valence-electron chi connectivity index (χ1n) is 7.02. The Bertz CT molecular complexity index is 712. The molecular weight excluding hydrogens is 282 g/mol. The summed E-state index contributed by atoms with van der Waals surface area (Å²) in [7, 11) is 0. The van der Waals surface area contributed by atoms with Gasteiger partial charge in [-0.3, -0.25) is 4.79 Å². The molecule has 0 saturated heterocycles. The lowest BCUT2D eigenvalue weighted by molar-refractivity contribution is -0.118. The standard InChI is InChI=1S/C17H17NO4/c1-11-4-3-5-14(12(11)2)18-17(19)9-20-13-6-7-15-16(8-13)22-10-21-15/h3-8H,9-10H2,1-2H3,(H,18,19). The van der Waals surface area contributed by atoms with Crippen molar-refractivity contribution < 1.29 is 19.0 Å². The van der Waals surface area contributed by atoms with Crippen molar-refractivity contribution in [1.82, 2.24) is 0 Å². The van der Waals surface area contributed by atoms with E-state index in [1.807, 2.05) is 32.0 Å². The maximum absolute atomic E-state index is 12.0. The Balaban J connectivity index is 1.59. The van der Waals surface area contributed by atoms with Gasteiger partial charge in [0.25, 0.3) is 5.91 Å². The summed E-state index contributed by atoms with van der Waals surface area (Å²) in [5.74, 6) is 1.69. The lowest BCUT2D eigenvalue weighted by Crippen LogP contribution is -2.20. The molecule has 1 amide bonds. The van der Waals surface area contributed by atoms with Crippen LogP contribution in [0.3, 0.4) is 0 Å². The first kappa shape index (κ1) is 14.3. The maximum atomic E-state index is 12.0. The van der Waals surface area contributed by atoms with Crippen LogP contribution in [-0.2, 0) is 4.79 Å². The van der Waals surface area contributed by atoms with Gasteiger partial charge in [-0.1, -0.05) is 12.1 Å². The molecule has 0 unspecified atom stereocenters. The van der Waals surface area contributed by atoms with Gasteiger partial charge < -0.3 is 19.5 Å². The van der Waals surface area contributed by atoms with Crippen molar-refractivity contribution in [3.05, 3.63) is 47.5 Å². The van der Waals surface area contributed by atoms with Crippen molar-refractivity contribution in [3.8, 4) is 17.2 Å². The number of benzene rings is 2. The lowest BCUT2D eigenvalue weighted by atomic mass is 10.1. The molecule has 0 aliphatic carbocycles. The molecule has 1 heterocycles. The number of nitrogens with one attached hydrogen (secondary N) is 1. The van der Waals surface area contributed by atoms with Gasteiger partial charge >= 0.3 is 0 Å². The summed E-state index contributed by atoms with van der Waals surface area (Å²) in [5.41, 5.74) is 2.99. The topological polar surface area (TPSA) is 56.8 Å². The minimum Gasteiger partial charge on any atom is -0.484 e. The summed E-state index contributed by atoms with van der Waals surface area (Å²) >= 11 is 0. The highest BCUT2D eigenvalue weighted by Crippen LogP contribution is 2.35. The van der Waals surface area contributed by atoms with Gasteiger partial charge in [0.05, 0.1) is 0 Å². The summed E-state index contributed by atoms with van der Waals surface area (Å²) in [4.78, 5) is 12.0. The van der Waals surface area contributed by atoms with E-state index in [1.165, 1.54) is 0 Å². The Morgan fingerprint density at radius 3 is 2.86 bits per heavy atom. The van der Waals surface area contributed by atoms with Crippen LogP contribution in [0.2, 0.25) is 0 Å². The number of amides is 1. The molecule has 0 aromatic heterocycles. The van der Waals surface area contributed by atoms with Gasteiger partial charge in [-0.25, -0.2) is 0 Å². The number of aryl methyl sites for hydroxylation is 1. The third kappa shape index (κ3) is 2.98. The van der Waals surface area contributed by atoms with Crippen molar-refractivity contribution in [2.45, 2.75) is 13.8 Å². The molecule has 0 atom stereocenters. The Labute approximate surface area is 128 Å². The number of rotatable bonds is 4. The minimum absolute atomic E-state index is 0.0625. The minimum atomic E-state index is -0.202. The zero-order chi connectivity index (χ0) is 15.5. The van der Waals surface area contributed by atoms with Crippen LogP contribution in [0.1, 0.15) is 11.1 Å². The fraction of sp³-hybridized carbons (Fsp3) is 0.235. The fourth-order valence-electron chi connectivity index (χ4n) is 2.19. The number of ether oxygens (including phenoxy) is 3. The second-order valence-corrected chi connectivity index (χ2v) is 5.10. The van der Waals surface area contributed by atoms with Crippen LogP contribution in [-0.4, -0.2) is 19.3 Å². The molecule has 0 bridgehead atoms. The van der Waals surface area contributed by atoms with Crippen molar-refractivity contribution in [1.29, 1.82) is 0 Å². The smallest absolute Gasteiger partial charge is 0.262 e. The van der Waals surface area contributed by atoms with Crippen LogP contribution in [0.25, 0.3) is 0 Å². The molecule has 2 aromatic rings. The highest BCUT2D eigenvalue weighted by Gasteiger charge is 2.14. The second kappa shape index (κ2) is 5.97. The van der Waals surface area contributed by atoms with E-state index in [0.717, 1.165) is 16.8 Å². The fourth-order valence-corrected chi connectivity index (χ4v) is 2.19. The molecule has 5 heteroatoms. The van der Waals surface area contributed by atoms with Crippen molar-refractivity contribution in [2.75, 3.05) is 18.7 Å². The van der Waals surface area contributed by atoms with Crippen LogP contribution in [0.15, 0.2) is 36.4 Å². The molecule has 3 rings (SSSR count). The van der Waals surface area contributed by atoms with Crippen LogP contribution < -0.4 is 19.5 Å². The third-order valence-corrected chi connectivity index (χ3v) is 3.59. The zero-order valence-electron chi connectivity index (χ0n) is 12.5. The maximum Gasteiger partial charge on any atom is 0.262 e. The number of carbonyl (C=O) groups excluding carboxylic acids is 1. The normalized spacial score (nSPS) is 12.1. The summed E-state index contributed by atoms with van der Waals surface area (Å²) < 4.78 is 16.0. The van der Waals surface area contributed by atoms with Crippen LogP contribution in [0, 0.1) is 13.8 Å². The molecule has 1 aliphatic heterocycles. The van der Waals surface area contributed by atoms with Gasteiger partial charge in [0, 0.05) is 11.8 Å². The highest BCUT2D eigenvalue weighted by atomic mass is 16.7. The molecule has 22 heavy (non-hydrogen) atoms. The quantitative estimate of drug-likeness (QED) is 0.942. The molecule has 114 valence electrons. The molecule has 1 N–H and O–H groups in total. The molecular formula is C17H17NO4. The lowest BCUT2D eigenvalue weighted by Gasteiger charge is -2.11. The van der Waals surface area contributed by atoms with E-state index in [9.17, 15) is 4.79 Å². The monoisotopic (exact) mass is 299 g/mol. The zero-order valence-corrected chi connectivity index (χ0v) is 12.5.